The third kappa shape index (κ3) is 34.3. The minimum Gasteiger partial charge on any atom is -0.461 e. The molecule has 0 aliphatic carbocycles. The number of nitrogens with one attached hydrogen (secondary N) is 4. The maximum atomic E-state index is 13.9. The zero-order valence-corrected chi connectivity index (χ0v) is 51.5. The Balaban J connectivity index is 1.29. The summed E-state index contributed by atoms with van der Waals surface area (Å²) < 4.78 is 72.4. The van der Waals surface area contributed by atoms with E-state index in [9.17, 15) is 33.6 Å². The smallest absolute Gasteiger partial charge is 0.312 e. The maximum Gasteiger partial charge on any atom is 0.312 e. The standard InChI is InChI=1S/C58H95N9O20/c1-43(2)45(5)57(73)87-42-46-9-11-47(12-10-46)61-55(71)48(8-7-15-60-58(59)74)62-56(72)54(44(3)4)63-51(68)40-50(67-52(69)13-14-53(67)70)49-41-66(65-64-49)16-17-76-20-21-78-24-25-80-28-29-82-32-33-84-36-37-86-39-38-85-35-34-83-31-30-81-27-26-79-23-22-77-19-18-75-6/h9-14,41,43-45,48,50,54H,7-8,15-40,42H2,1-6H3,(H,61,71)(H,62,72)(H,63,68)(H3,59,60,74)/t45?,48-,50-,54-/m0/s1. The number of urea groups is 1. The Hall–Kier alpha value is -6.09. The van der Waals surface area contributed by atoms with E-state index in [1.807, 2.05) is 13.8 Å². The average molecular weight is 1240 g/mol. The lowest BCUT2D eigenvalue weighted by molar-refractivity contribution is -0.150. The molecule has 6 N–H and O–H groups in total. The van der Waals surface area contributed by atoms with Gasteiger partial charge in [0.05, 0.1) is 183 Å². The van der Waals surface area contributed by atoms with Crippen LogP contribution in [0.1, 0.15) is 71.2 Å². The first-order valence-corrected chi connectivity index (χ1v) is 29.6. The maximum absolute atomic E-state index is 13.9. The molecule has 87 heavy (non-hydrogen) atoms. The van der Waals surface area contributed by atoms with Gasteiger partial charge in [0.1, 0.15) is 24.4 Å². The van der Waals surface area contributed by atoms with Crippen LogP contribution in [0.15, 0.2) is 42.6 Å². The number of anilines is 1. The van der Waals surface area contributed by atoms with Crippen molar-refractivity contribution in [1.82, 2.24) is 35.8 Å². The number of hydrogen-bond donors (Lipinski definition) is 5. The van der Waals surface area contributed by atoms with Crippen LogP contribution in [0.2, 0.25) is 0 Å². The van der Waals surface area contributed by atoms with Gasteiger partial charge in [-0.3, -0.25) is 33.7 Å². The minimum atomic E-state index is -1.19. The summed E-state index contributed by atoms with van der Waals surface area (Å²) >= 11 is 0. The number of imide groups is 1. The van der Waals surface area contributed by atoms with Crippen LogP contribution < -0.4 is 27.0 Å². The molecule has 1 unspecified atom stereocenters. The van der Waals surface area contributed by atoms with Crippen molar-refractivity contribution in [3.63, 3.8) is 0 Å². The van der Waals surface area contributed by atoms with Crippen molar-refractivity contribution in [3.8, 4) is 0 Å². The second kappa shape index (κ2) is 47.0. The van der Waals surface area contributed by atoms with Crippen molar-refractivity contribution >= 4 is 47.2 Å². The molecule has 0 fully saturated rings. The number of primary amides is 1. The molecule has 7 amide bonds. The molecule has 0 saturated heterocycles. The first kappa shape index (κ1) is 75.2. The van der Waals surface area contributed by atoms with E-state index in [4.69, 9.17) is 67.3 Å². The molecule has 1 aliphatic rings. The van der Waals surface area contributed by atoms with Crippen molar-refractivity contribution in [2.75, 3.05) is 171 Å². The van der Waals surface area contributed by atoms with E-state index in [2.05, 4.69) is 31.6 Å². The lowest BCUT2D eigenvalue weighted by Crippen LogP contribution is -2.55. The number of nitrogens with two attached hydrogens (primary N) is 1. The second-order valence-corrected chi connectivity index (χ2v) is 20.3. The van der Waals surface area contributed by atoms with Gasteiger partial charge >= 0.3 is 12.0 Å². The van der Waals surface area contributed by atoms with Crippen LogP contribution in [-0.4, -0.2) is 239 Å². The van der Waals surface area contributed by atoms with Gasteiger partial charge in [-0.15, -0.1) is 5.10 Å². The summed E-state index contributed by atoms with van der Waals surface area (Å²) in [6, 6.07) is 2.41. The largest absolute Gasteiger partial charge is 0.461 e. The number of methoxy groups -OCH3 is 1. The second-order valence-electron chi connectivity index (χ2n) is 20.3. The number of aromatic nitrogens is 3. The number of carbonyl (C=O) groups is 7. The van der Waals surface area contributed by atoms with Crippen LogP contribution in [0.25, 0.3) is 0 Å². The number of amides is 7. The lowest BCUT2D eigenvalue weighted by atomic mass is 9.99. The summed E-state index contributed by atoms with van der Waals surface area (Å²) in [5.74, 6) is -4.24. The number of ether oxygens (including phenoxy) is 13. The highest BCUT2D eigenvalue weighted by Crippen LogP contribution is 2.26. The quantitative estimate of drug-likeness (QED) is 0.0356. The number of esters is 1. The van der Waals surface area contributed by atoms with Crippen LogP contribution in [0.3, 0.4) is 0 Å². The fourth-order valence-electron chi connectivity index (χ4n) is 7.69. The first-order valence-electron chi connectivity index (χ1n) is 29.6. The number of hydrogen-bond acceptors (Lipinski definition) is 22. The highest BCUT2D eigenvalue weighted by molar-refractivity contribution is 6.13. The normalized spacial score (nSPS) is 13.7. The predicted octanol–water partition coefficient (Wildman–Crippen LogP) is 1.51. The van der Waals surface area contributed by atoms with Crippen LogP contribution in [0.5, 0.6) is 0 Å². The third-order valence-corrected chi connectivity index (χ3v) is 12.9. The van der Waals surface area contributed by atoms with E-state index in [1.54, 1.807) is 52.1 Å². The zero-order valence-electron chi connectivity index (χ0n) is 51.5. The van der Waals surface area contributed by atoms with Crippen molar-refractivity contribution in [2.45, 2.75) is 85.2 Å². The third-order valence-electron chi connectivity index (χ3n) is 12.9. The van der Waals surface area contributed by atoms with Gasteiger partial charge < -0.3 is 88.6 Å². The topological polar surface area (TPSA) is 348 Å². The summed E-state index contributed by atoms with van der Waals surface area (Å²) in [5, 5.41) is 19.0. The summed E-state index contributed by atoms with van der Waals surface area (Å²) in [5.41, 5.74) is 6.47. The van der Waals surface area contributed by atoms with Gasteiger partial charge in [0.2, 0.25) is 17.7 Å². The summed E-state index contributed by atoms with van der Waals surface area (Å²) in [7, 11) is 1.63. The van der Waals surface area contributed by atoms with Gasteiger partial charge in [-0.05, 0) is 42.4 Å². The Morgan fingerprint density at radius 2 is 1.02 bits per heavy atom. The van der Waals surface area contributed by atoms with E-state index in [0.717, 1.165) is 17.1 Å². The Morgan fingerprint density at radius 1 is 0.575 bits per heavy atom. The van der Waals surface area contributed by atoms with Gasteiger partial charge in [0.25, 0.3) is 11.8 Å². The summed E-state index contributed by atoms with van der Waals surface area (Å²) in [6.07, 6.45) is 3.54. The molecule has 492 valence electrons. The van der Waals surface area contributed by atoms with Crippen LogP contribution in [0, 0.1) is 17.8 Å². The van der Waals surface area contributed by atoms with Crippen molar-refractivity contribution in [3.05, 3.63) is 53.9 Å². The molecule has 1 aromatic heterocycles. The average Bonchev–Trinajstić information content (AvgIpc) is 2.53. The molecule has 0 saturated carbocycles. The monoisotopic (exact) mass is 1240 g/mol. The number of rotatable bonds is 54. The first-order chi connectivity index (χ1) is 42.1. The highest BCUT2D eigenvalue weighted by atomic mass is 16.6. The molecule has 2 heterocycles. The van der Waals surface area contributed by atoms with Gasteiger partial charge in [-0.25, -0.2) is 9.48 Å². The molecule has 2 aromatic rings. The fraction of sp³-hybridized carbons (Fsp3) is 0.707. The molecule has 0 radical (unpaired) electrons. The molecule has 29 nitrogen and oxygen atoms in total. The predicted molar refractivity (Wildman–Crippen MR) is 314 cm³/mol. The minimum absolute atomic E-state index is 0.0476. The zero-order chi connectivity index (χ0) is 63.3. The Kier molecular flexibility index (Phi) is 40.6. The SMILES string of the molecule is COCCOCCOCCOCCOCCOCCOCCOCCOCCOCCOCCOCCn1cc([C@H](CC(=O)N[C@H](C(=O)N[C@@H](CCCNC(N)=O)C(=O)Nc2ccc(COC(=O)C(C)C(C)C)cc2)C(C)C)N2C(=O)C=CC2=O)nn1. The summed E-state index contributed by atoms with van der Waals surface area (Å²) in [6.45, 7) is 19.5. The molecule has 0 spiro atoms. The Morgan fingerprint density at radius 3 is 1.45 bits per heavy atom. The number of carbonyl (C=O) groups excluding carboxylic acids is 7. The molecule has 29 heteroatoms. The summed E-state index contributed by atoms with van der Waals surface area (Å²) in [4.78, 5) is 91.9. The molecule has 1 aromatic carbocycles. The highest BCUT2D eigenvalue weighted by Gasteiger charge is 2.37. The van der Waals surface area contributed by atoms with E-state index < -0.39 is 66.0 Å². The molecular formula is C58H95N9O20. The van der Waals surface area contributed by atoms with Crippen LogP contribution >= 0.6 is 0 Å². The molecule has 4 atom stereocenters. The number of benzene rings is 1. The van der Waals surface area contributed by atoms with Gasteiger partial charge in [-0.2, -0.15) is 0 Å². The van der Waals surface area contributed by atoms with Crippen LogP contribution in [0.4, 0.5) is 10.5 Å². The van der Waals surface area contributed by atoms with Gasteiger partial charge in [-0.1, -0.05) is 52.0 Å². The molecule has 0 bridgehead atoms. The van der Waals surface area contributed by atoms with Crippen molar-refractivity contribution in [2.24, 2.45) is 23.5 Å². The lowest BCUT2D eigenvalue weighted by Gasteiger charge is -2.27. The Labute approximate surface area is 510 Å². The molecule has 1 aliphatic heterocycles. The fourth-order valence-corrected chi connectivity index (χ4v) is 7.69. The Bertz CT molecular complexity index is 2260. The number of nitrogens with zero attached hydrogens (tertiary/aromatic N) is 4. The van der Waals surface area contributed by atoms with Gasteiger partial charge in [0, 0.05) is 31.5 Å². The molecule has 3 rings (SSSR count). The van der Waals surface area contributed by atoms with Crippen LogP contribution in [-0.2, 0) is 103 Å². The van der Waals surface area contributed by atoms with Crippen molar-refractivity contribution < 1.29 is 95.1 Å². The van der Waals surface area contributed by atoms with E-state index >= 15 is 0 Å². The van der Waals surface area contributed by atoms with E-state index in [1.165, 1.54) is 10.9 Å². The van der Waals surface area contributed by atoms with Crippen molar-refractivity contribution in [1.29, 1.82) is 0 Å². The van der Waals surface area contributed by atoms with Gasteiger partial charge in [0.15, 0.2) is 0 Å². The van der Waals surface area contributed by atoms with E-state index in [-0.39, 0.29) is 69.3 Å². The molecular weight excluding hydrogens is 1140 g/mol. The van der Waals surface area contributed by atoms with E-state index in [0.29, 0.717) is 150 Å².